The van der Waals surface area contributed by atoms with E-state index in [1.807, 2.05) is 19.1 Å². The molecule has 1 aromatic rings. The van der Waals surface area contributed by atoms with E-state index in [-0.39, 0.29) is 11.3 Å². The molecule has 1 unspecified atom stereocenters. The number of hydrogen-bond acceptors (Lipinski definition) is 2. The molecule has 1 atom stereocenters. The van der Waals surface area contributed by atoms with Gasteiger partial charge in [-0.05, 0) is 44.4 Å². The van der Waals surface area contributed by atoms with Gasteiger partial charge in [0.05, 0.1) is 5.54 Å². The molecule has 2 nitrogen and oxygen atoms in total. The summed E-state index contributed by atoms with van der Waals surface area (Å²) in [6.07, 6.45) is 4.21. The number of benzene rings is 1. The fraction of sp³-hybridized carbons (Fsp3) is 0.533. The quantitative estimate of drug-likeness (QED) is 0.807. The third-order valence-electron chi connectivity index (χ3n) is 3.60. The predicted octanol–water partition coefficient (Wildman–Crippen LogP) is 2.96. The molecule has 0 saturated carbocycles. The molecule has 0 amide bonds. The lowest BCUT2D eigenvalue weighted by atomic mass is 9.89. The fourth-order valence-corrected chi connectivity index (χ4v) is 2.56. The second-order valence-corrected chi connectivity index (χ2v) is 5.14. The standard InChI is InChI=1S/C15H21NO/c1-3-6-12-7-4-8-13(11-12)14(17)15(2)9-5-10-16-15/h4,7-8,11,16H,3,5-6,9-10H2,1-2H3. The lowest BCUT2D eigenvalue weighted by Gasteiger charge is -2.22. The minimum atomic E-state index is -0.342. The number of ketones is 1. The van der Waals surface area contributed by atoms with Gasteiger partial charge in [0.25, 0.3) is 0 Å². The summed E-state index contributed by atoms with van der Waals surface area (Å²) < 4.78 is 0. The maximum absolute atomic E-state index is 12.5. The Morgan fingerprint density at radius 3 is 2.94 bits per heavy atom. The maximum atomic E-state index is 12.5. The van der Waals surface area contributed by atoms with Crippen molar-refractivity contribution in [2.45, 2.75) is 45.1 Å². The Morgan fingerprint density at radius 1 is 1.47 bits per heavy atom. The molecule has 1 aromatic carbocycles. The van der Waals surface area contributed by atoms with Crippen molar-refractivity contribution in [1.29, 1.82) is 0 Å². The van der Waals surface area contributed by atoms with Gasteiger partial charge in [-0.15, -0.1) is 0 Å². The van der Waals surface area contributed by atoms with Gasteiger partial charge in [0.2, 0.25) is 0 Å². The zero-order valence-electron chi connectivity index (χ0n) is 10.8. The SMILES string of the molecule is CCCc1cccc(C(=O)C2(C)CCCN2)c1. The number of carbonyl (C=O) groups is 1. The van der Waals surface area contributed by atoms with Gasteiger partial charge in [-0.1, -0.05) is 31.5 Å². The Morgan fingerprint density at radius 2 is 2.29 bits per heavy atom. The zero-order valence-corrected chi connectivity index (χ0v) is 10.8. The fourth-order valence-electron chi connectivity index (χ4n) is 2.56. The molecular formula is C15H21NO. The van der Waals surface area contributed by atoms with Gasteiger partial charge in [0, 0.05) is 5.56 Å². The van der Waals surface area contributed by atoms with Crippen LogP contribution in [0.1, 0.15) is 49.0 Å². The van der Waals surface area contributed by atoms with Crippen LogP contribution in [0.25, 0.3) is 0 Å². The summed E-state index contributed by atoms with van der Waals surface area (Å²) in [7, 11) is 0. The van der Waals surface area contributed by atoms with Gasteiger partial charge >= 0.3 is 0 Å². The van der Waals surface area contributed by atoms with Crippen molar-refractivity contribution in [3.63, 3.8) is 0 Å². The molecule has 2 rings (SSSR count). The molecule has 0 aliphatic carbocycles. The summed E-state index contributed by atoms with van der Waals surface area (Å²) >= 11 is 0. The highest BCUT2D eigenvalue weighted by Gasteiger charge is 2.36. The average molecular weight is 231 g/mol. The summed E-state index contributed by atoms with van der Waals surface area (Å²) in [5.41, 5.74) is 1.78. The normalized spacial score (nSPS) is 23.9. The van der Waals surface area contributed by atoms with Gasteiger partial charge in [0.1, 0.15) is 0 Å². The van der Waals surface area contributed by atoms with E-state index in [0.29, 0.717) is 0 Å². The summed E-state index contributed by atoms with van der Waals surface area (Å²) in [5, 5.41) is 3.33. The topological polar surface area (TPSA) is 29.1 Å². The number of aryl methyl sites for hydroxylation is 1. The van der Waals surface area contributed by atoms with Crippen LogP contribution in [0.15, 0.2) is 24.3 Å². The van der Waals surface area contributed by atoms with E-state index in [1.165, 1.54) is 5.56 Å². The molecule has 17 heavy (non-hydrogen) atoms. The molecular weight excluding hydrogens is 210 g/mol. The van der Waals surface area contributed by atoms with Gasteiger partial charge in [-0.3, -0.25) is 4.79 Å². The third kappa shape index (κ3) is 2.58. The summed E-state index contributed by atoms with van der Waals surface area (Å²) in [6.45, 7) is 5.14. The first-order chi connectivity index (χ1) is 8.15. The third-order valence-corrected chi connectivity index (χ3v) is 3.60. The monoisotopic (exact) mass is 231 g/mol. The van der Waals surface area contributed by atoms with Gasteiger partial charge in [0.15, 0.2) is 5.78 Å². The number of carbonyl (C=O) groups excluding carboxylic acids is 1. The van der Waals surface area contributed by atoms with Crippen LogP contribution in [-0.4, -0.2) is 17.9 Å². The molecule has 0 aromatic heterocycles. The molecule has 1 fully saturated rings. The van der Waals surface area contributed by atoms with Crippen LogP contribution in [0.4, 0.5) is 0 Å². The molecule has 1 saturated heterocycles. The van der Waals surface area contributed by atoms with Gasteiger partial charge < -0.3 is 5.32 Å². The van der Waals surface area contributed by atoms with Crippen molar-refractivity contribution >= 4 is 5.78 Å². The molecule has 0 radical (unpaired) electrons. The summed E-state index contributed by atoms with van der Waals surface area (Å²) in [6, 6.07) is 8.09. The highest BCUT2D eigenvalue weighted by molar-refractivity contribution is 6.03. The second-order valence-electron chi connectivity index (χ2n) is 5.14. The van der Waals surface area contributed by atoms with Crippen molar-refractivity contribution in [2.24, 2.45) is 0 Å². The number of rotatable bonds is 4. The van der Waals surface area contributed by atoms with Crippen molar-refractivity contribution < 1.29 is 4.79 Å². The largest absolute Gasteiger partial charge is 0.305 e. The maximum Gasteiger partial charge on any atom is 0.182 e. The second kappa shape index (κ2) is 5.01. The average Bonchev–Trinajstić information content (AvgIpc) is 2.77. The Kier molecular flexibility index (Phi) is 3.63. The Bertz CT molecular complexity index is 405. The van der Waals surface area contributed by atoms with E-state index >= 15 is 0 Å². The van der Waals surface area contributed by atoms with E-state index in [0.717, 1.165) is 37.8 Å². The minimum Gasteiger partial charge on any atom is -0.305 e. The van der Waals surface area contributed by atoms with E-state index in [4.69, 9.17) is 0 Å². The Balaban J connectivity index is 2.21. The van der Waals surface area contributed by atoms with Crippen LogP contribution < -0.4 is 5.32 Å². The van der Waals surface area contributed by atoms with E-state index < -0.39 is 0 Å². The molecule has 1 aliphatic rings. The highest BCUT2D eigenvalue weighted by Crippen LogP contribution is 2.24. The number of hydrogen-bond donors (Lipinski definition) is 1. The molecule has 0 bridgehead atoms. The van der Waals surface area contributed by atoms with E-state index in [1.54, 1.807) is 0 Å². The van der Waals surface area contributed by atoms with Crippen molar-refractivity contribution in [3.05, 3.63) is 35.4 Å². The van der Waals surface area contributed by atoms with Crippen LogP contribution in [-0.2, 0) is 6.42 Å². The highest BCUT2D eigenvalue weighted by atomic mass is 16.1. The Labute approximate surface area is 103 Å². The van der Waals surface area contributed by atoms with Crippen LogP contribution in [0, 0.1) is 0 Å². The lowest BCUT2D eigenvalue weighted by molar-refractivity contribution is 0.0884. The van der Waals surface area contributed by atoms with Crippen molar-refractivity contribution in [2.75, 3.05) is 6.54 Å². The van der Waals surface area contributed by atoms with Crippen LogP contribution in [0.2, 0.25) is 0 Å². The Hall–Kier alpha value is -1.15. The van der Waals surface area contributed by atoms with Crippen LogP contribution >= 0.6 is 0 Å². The van der Waals surface area contributed by atoms with E-state index in [2.05, 4.69) is 24.4 Å². The zero-order chi connectivity index (χ0) is 12.3. The first kappa shape index (κ1) is 12.3. The first-order valence-electron chi connectivity index (χ1n) is 6.54. The molecule has 92 valence electrons. The van der Waals surface area contributed by atoms with Gasteiger partial charge in [-0.25, -0.2) is 0 Å². The summed E-state index contributed by atoms with van der Waals surface area (Å²) in [5.74, 6) is 0.243. The predicted molar refractivity (Wildman–Crippen MR) is 70.4 cm³/mol. The lowest BCUT2D eigenvalue weighted by Crippen LogP contribution is -2.44. The smallest absolute Gasteiger partial charge is 0.182 e. The molecule has 0 spiro atoms. The van der Waals surface area contributed by atoms with Gasteiger partial charge in [-0.2, -0.15) is 0 Å². The van der Waals surface area contributed by atoms with E-state index in [9.17, 15) is 4.79 Å². The number of nitrogens with one attached hydrogen (secondary N) is 1. The van der Waals surface area contributed by atoms with Crippen LogP contribution in [0.5, 0.6) is 0 Å². The number of Topliss-reactive ketones (excluding diaryl/α,β-unsaturated/α-hetero) is 1. The van der Waals surface area contributed by atoms with Crippen LogP contribution in [0.3, 0.4) is 0 Å². The van der Waals surface area contributed by atoms with Crippen molar-refractivity contribution in [1.82, 2.24) is 5.32 Å². The minimum absolute atomic E-state index is 0.243. The summed E-state index contributed by atoms with van der Waals surface area (Å²) in [4.78, 5) is 12.5. The molecule has 1 heterocycles. The first-order valence-corrected chi connectivity index (χ1v) is 6.54. The molecule has 1 N–H and O–H groups in total. The molecule has 2 heteroatoms. The van der Waals surface area contributed by atoms with Crippen molar-refractivity contribution in [3.8, 4) is 0 Å². The molecule has 1 aliphatic heterocycles.